The Morgan fingerprint density at radius 1 is 1.29 bits per heavy atom. The zero-order valence-corrected chi connectivity index (χ0v) is 11.9. The Hall–Kier alpha value is -0.610. The van der Waals surface area contributed by atoms with E-state index in [1.807, 2.05) is 13.8 Å². The van der Waals surface area contributed by atoms with Crippen molar-refractivity contribution in [3.63, 3.8) is 0 Å². The molecule has 1 aliphatic rings. The van der Waals surface area contributed by atoms with E-state index < -0.39 is 0 Å². The van der Waals surface area contributed by atoms with Gasteiger partial charge in [-0.15, -0.1) is 0 Å². The average molecular weight is 243 g/mol. The molecule has 17 heavy (non-hydrogen) atoms. The Labute approximate surface area is 104 Å². The Balaban J connectivity index is 2.73. The predicted molar refractivity (Wildman–Crippen MR) is 66.9 cm³/mol. The molecule has 1 heterocycles. The van der Waals surface area contributed by atoms with Gasteiger partial charge < -0.3 is 9.47 Å². The zero-order chi connectivity index (χ0) is 13.3. The van der Waals surface area contributed by atoms with Crippen LogP contribution >= 0.6 is 0 Å². The molecular formula is C13H25NO3. The minimum Gasteiger partial charge on any atom is -0.465 e. The first-order valence-corrected chi connectivity index (χ1v) is 6.28. The fourth-order valence-corrected chi connectivity index (χ4v) is 2.53. The average Bonchev–Trinajstić information content (AvgIpc) is 2.12. The number of carbonyl (C=O) groups excluding carboxylic acids is 1. The molecule has 4 heteroatoms. The normalized spacial score (nSPS) is 25.3. The Morgan fingerprint density at radius 2 is 1.76 bits per heavy atom. The molecule has 1 fully saturated rings. The molecule has 0 bridgehead atoms. The fraction of sp³-hybridized carbons (Fsp3) is 0.923. The first kappa shape index (κ1) is 14.5. The second-order valence-electron chi connectivity index (χ2n) is 5.95. The summed E-state index contributed by atoms with van der Waals surface area (Å²) in [6.45, 7) is 13.9. The highest BCUT2D eigenvalue weighted by Gasteiger charge is 2.41. The second kappa shape index (κ2) is 4.94. The number of nitrogens with zero attached hydrogens (tertiary/aromatic N) is 1. The van der Waals surface area contributed by atoms with Crippen molar-refractivity contribution < 1.29 is 14.3 Å². The molecular weight excluding hydrogens is 218 g/mol. The molecule has 4 nitrogen and oxygen atoms in total. The van der Waals surface area contributed by atoms with Gasteiger partial charge in [0.1, 0.15) is 6.04 Å². The van der Waals surface area contributed by atoms with Gasteiger partial charge in [-0.1, -0.05) is 0 Å². The lowest BCUT2D eigenvalue weighted by Crippen LogP contribution is -2.60. The third-order valence-corrected chi connectivity index (χ3v) is 2.90. The molecule has 1 unspecified atom stereocenters. The van der Waals surface area contributed by atoms with Gasteiger partial charge >= 0.3 is 5.97 Å². The molecule has 1 aliphatic heterocycles. The van der Waals surface area contributed by atoms with Gasteiger partial charge in [0.05, 0.1) is 17.8 Å². The molecule has 1 saturated heterocycles. The molecule has 0 aromatic carbocycles. The molecule has 1 atom stereocenters. The van der Waals surface area contributed by atoms with Gasteiger partial charge in [0.15, 0.2) is 0 Å². The largest absolute Gasteiger partial charge is 0.465 e. The third-order valence-electron chi connectivity index (χ3n) is 2.90. The molecule has 100 valence electrons. The molecule has 1 rings (SSSR count). The Kier molecular flexibility index (Phi) is 4.20. The first-order chi connectivity index (χ1) is 7.67. The standard InChI is InChI=1S/C13H25NO3/c1-7-16-11(15)10(2)14-8-12(3,4)17-13(5,6)9-14/h10H,7-9H2,1-6H3. The van der Waals surface area contributed by atoms with Crippen molar-refractivity contribution >= 4 is 5.97 Å². The van der Waals surface area contributed by atoms with Gasteiger partial charge in [0.25, 0.3) is 0 Å². The van der Waals surface area contributed by atoms with Crippen molar-refractivity contribution in [2.45, 2.75) is 58.8 Å². The van der Waals surface area contributed by atoms with Crippen LogP contribution in [0.4, 0.5) is 0 Å². The van der Waals surface area contributed by atoms with Gasteiger partial charge in [-0.3, -0.25) is 9.69 Å². The molecule has 0 aromatic heterocycles. The van der Waals surface area contributed by atoms with Crippen LogP contribution in [-0.2, 0) is 14.3 Å². The lowest BCUT2D eigenvalue weighted by Gasteiger charge is -2.48. The molecule has 0 aliphatic carbocycles. The van der Waals surface area contributed by atoms with Crippen LogP contribution in [0, 0.1) is 0 Å². The van der Waals surface area contributed by atoms with Crippen molar-refractivity contribution in [3.05, 3.63) is 0 Å². The topological polar surface area (TPSA) is 38.8 Å². The minimum atomic E-state index is -0.234. The lowest BCUT2D eigenvalue weighted by molar-refractivity contribution is -0.192. The molecule has 0 aromatic rings. The monoisotopic (exact) mass is 243 g/mol. The predicted octanol–water partition coefficient (Wildman–Crippen LogP) is 1.83. The quantitative estimate of drug-likeness (QED) is 0.709. The summed E-state index contributed by atoms with van der Waals surface area (Å²) in [7, 11) is 0. The van der Waals surface area contributed by atoms with Gasteiger partial charge in [-0.05, 0) is 41.5 Å². The summed E-state index contributed by atoms with van der Waals surface area (Å²) in [6.07, 6.45) is 0. The van der Waals surface area contributed by atoms with E-state index in [1.54, 1.807) is 0 Å². The summed E-state index contributed by atoms with van der Waals surface area (Å²) in [5, 5.41) is 0. The molecule has 0 N–H and O–H groups in total. The number of esters is 1. The van der Waals surface area contributed by atoms with Crippen LogP contribution in [0.5, 0.6) is 0 Å². The van der Waals surface area contributed by atoms with E-state index in [1.165, 1.54) is 0 Å². The molecule has 0 spiro atoms. The van der Waals surface area contributed by atoms with Gasteiger partial charge in [0.2, 0.25) is 0 Å². The Morgan fingerprint density at radius 3 is 2.18 bits per heavy atom. The number of morpholine rings is 1. The lowest BCUT2D eigenvalue weighted by atomic mass is 9.97. The van der Waals surface area contributed by atoms with Gasteiger partial charge in [-0.2, -0.15) is 0 Å². The maximum absolute atomic E-state index is 11.8. The first-order valence-electron chi connectivity index (χ1n) is 6.28. The summed E-state index contributed by atoms with van der Waals surface area (Å²) < 4.78 is 11.1. The van der Waals surface area contributed by atoms with E-state index in [2.05, 4.69) is 32.6 Å². The minimum absolute atomic E-state index is 0.152. The summed E-state index contributed by atoms with van der Waals surface area (Å²) in [6, 6.07) is -0.211. The molecule has 0 saturated carbocycles. The summed E-state index contributed by atoms with van der Waals surface area (Å²) in [4.78, 5) is 13.9. The van der Waals surface area contributed by atoms with Gasteiger partial charge in [-0.25, -0.2) is 0 Å². The van der Waals surface area contributed by atoms with Crippen molar-refractivity contribution in [1.29, 1.82) is 0 Å². The molecule has 0 radical (unpaired) electrons. The van der Waals surface area contributed by atoms with E-state index in [4.69, 9.17) is 9.47 Å². The Bertz CT molecular complexity index is 270. The number of hydrogen-bond donors (Lipinski definition) is 0. The maximum Gasteiger partial charge on any atom is 0.323 e. The van der Waals surface area contributed by atoms with Crippen LogP contribution in [0.1, 0.15) is 41.5 Å². The highest BCUT2D eigenvalue weighted by molar-refractivity contribution is 5.75. The number of ether oxygens (including phenoxy) is 2. The van der Waals surface area contributed by atoms with Crippen molar-refractivity contribution in [2.24, 2.45) is 0 Å². The highest BCUT2D eigenvalue weighted by atomic mass is 16.5. The fourth-order valence-electron chi connectivity index (χ4n) is 2.53. The zero-order valence-electron chi connectivity index (χ0n) is 11.9. The number of carbonyl (C=O) groups is 1. The second-order valence-corrected chi connectivity index (χ2v) is 5.95. The third kappa shape index (κ3) is 3.96. The van der Waals surface area contributed by atoms with Crippen LogP contribution in [0.2, 0.25) is 0 Å². The van der Waals surface area contributed by atoms with Crippen LogP contribution in [0.25, 0.3) is 0 Å². The smallest absolute Gasteiger partial charge is 0.323 e. The highest BCUT2D eigenvalue weighted by Crippen LogP contribution is 2.29. The summed E-state index contributed by atoms with van der Waals surface area (Å²) in [5.74, 6) is -0.152. The summed E-state index contributed by atoms with van der Waals surface area (Å²) in [5.41, 5.74) is -0.467. The van der Waals surface area contributed by atoms with Crippen LogP contribution in [0.15, 0.2) is 0 Å². The number of rotatable bonds is 3. The van der Waals surface area contributed by atoms with E-state index in [0.29, 0.717) is 6.61 Å². The van der Waals surface area contributed by atoms with E-state index >= 15 is 0 Å². The van der Waals surface area contributed by atoms with Crippen molar-refractivity contribution in [1.82, 2.24) is 4.90 Å². The summed E-state index contributed by atoms with van der Waals surface area (Å²) >= 11 is 0. The van der Waals surface area contributed by atoms with E-state index in [-0.39, 0.29) is 23.2 Å². The van der Waals surface area contributed by atoms with Crippen LogP contribution in [-0.4, -0.2) is 47.8 Å². The van der Waals surface area contributed by atoms with Crippen LogP contribution in [0.3, 0.4) is 0 Å². The van der Waals surface area contributed by atoms with E-state index in [9.17, 15) is 4.79 Å². The molecule has 0 amide bonds. The number of hydrogen-bond acceptors (Lipinski definition) is 4. The van der Waals surface area contributed by atoms with Crippen molar-refractivity contribution in [2.75, 3.05) is 19.7 Å². The SMILES string of the molecule is CCOC(=O)C(C)N1CC(C)(C)OC(C)(C)C1. The van der Waals surface area contributed by atoms with E-state index in [0.717, 1.165) is 13.1 Å². The van der Waals surface area contributed by atoms with Gasteiger partial charge in [0, 0.05) is 13.1 Å². The maximum atomic E-state index is 11.8. The van der Waals surface area contributed by atoms with Crippen LogP contribution < -0.4 is 0 Å². The van der Waals surface area contributed by atoms with Crippen molar-refractivity contribution in [3.8, 4) is 0 Å².